The van der Waals surface area contributed by atoms with Crippen molar-refractivity contribution in [3.63, 3.8) is 0 Å². The molecule has 7 unspecified atom stereocenters. The van der Waals surface area contributed by atoms with Crippen LogP contribution < -0.4 is 4.90 Å². The van der Waals surface area contributed by atoms with Crippen LogP contribution in [0.3, 0.4) is 0 Å². The summed E-state index contributed by atoms with van der Waals surface area (Å²) in [5.41, 5.74) is 2.87. The van der Waals surface area contributed by atoms with Gasteiger partial charge >= 0.3 is 0 Å². The molecule has 166 valence electrons. The molecule has 5 aliphatic rings. The summed E-state index contributed by atoms with van der Waals surface area (Å²) >= 11 is 0. The predicted molar refractivity (Wildman–Crippen MR) is 122 cm³/mol. The number of hydrogen-bond donors (Lipinski definition) is 1. The predicted octanol–water partition coefficient (Wildman–Crippen LogP) is 3.10. The van der Waals surface area contributed by atoms with Crippen molar-refractivity contribution in [2.75, 3.05) is 31.1 Å². The van der Waals surface area contributed by atoms with E-state index in [1.54, 1.807) is 0 Å². The fourth-order valence-electron chi connectivity index (χ4n) is 8.99. The van der Waals surface area contributed by atoms with Crippen molar-refractivity contribution in [3.05, 3.63) is 60.4 Å². The number of piperazine rings is 1. The van der Waals surface area contributed by atoms with Gasteiger partial charge in [-0.1, -0.05) is 30.3 Å². The highest BCUT2D eigenvalue weighted by molar-refractivity contribution is 5.79. The highest BCUT2D eigenvalue weighted by atomic mass is 16.3. The molecule has 1 aromatic heterocycles. The van der Waals surface area contributed by atoms with E-state index >= 15 is 0 Å². The number of amides is 1. The topological polar surface area (TPSA) is 56.7 Å². The van der Waals surface area contributed by atoms with Crippen molar-refractivity contribution in [2.45, 2.75) is 37.2 Å². The number of benzene rings is 1. The molecular formula is C27H31N3O2. The molecular weight excluding hydrogens is 398 g/mol. The number of pyridine rings is 1. The van der Waals surface area contributed by atoms with E-state index in [2.05, 4.69) is 45.1 Å². The van der Waals surface area contributed by atoms with Crippen LogP contribution >= 0.6 is 0 Å². The first kappa shape index (κ1) is 19.1. The Labute approximate surface area is 189 Å². The van der Waals surface area contributed by atoms with E-state index < -0.39 is 0 Å². The fourth-order valence-corrected chi connectivity index (χ4v) is 8.99. The molecule has 4 aliphatic carbocycles. The number of carbonyl (C=O) groups is 1. The lowest BCUT2D eigenvalue weighted by molar-refractivity contribution is -0.270. The lowest BCUT2D eigenvalue weighted by Gasteiger charge is -2.77. The summed E-state index contributed by atoms with van der Waals surface area (Å²) in [5, 5.41) is 10.7. The minimum absolute atomic E-state index is 0.0219. The quantitative estimate of drug-likeness (QED) is 0.812. The zero-order valence-corrected chi connectivity index (χ0v) is 18.4. The Bertz CT molecular complexity index is 1040. The number of hydrogen-bond acceptors (Lipinski definition) is 4. The number of fused-ring (bicyclic) bond motifs is 1. The van der Waals surface area contributed by atoms with Gasteiger partial charge in [-0.2, -0.15) is 0 Å². The van der Waals surface area contributed by atoms with E-state index in [0.717, 1.165) is 39.0 Å². The summed E-state index contributed by atoms with van der Waals surface area (Å²) < 4.78 is 0. The molecule has 7 rings (SSSR count). The molecule has 1 saturated heterocycles. The molecule has 5 nitrogen and oxygen atoms in total. The number of anilines is 1. The van der Waals surface area contributed by atoms with Crippen molar-refractivity contribution >= 4 is 11.6 Å². The Morgan fingerprint density at radius 1 is 1.00 bits per heavy atom. The highest BCUT2D eigenvalue weighted by Crippen LogP contribution is 2.87. The third-order valence-corrected chi connectivity index (χ3v) is 10.2. The van der Waals surface area contributed by atoms with Crippen LogP contribution in [0.4, 0.5) is 5.69 Å². The van der Waals surface area contributed by atoms with E-state index in [0.29, 0.717) is 41.4 Å². The first-order valence-corrected chi connectivity index (χ1v) is 12.3. The maximum Gasteiger partial charge on any atom is 0.223 e. The zero-order chi connectivity index (χ0) is 21.5. The van der Waals surface area contributed by atoms with Crippen LogP contribution in [0.1, 0.15) is 31.2 Å². The minimum Gasteiger partial charge on any atom is -0.393 e. The summed E-state index contributed by atoms with van der Waals surface area (Å²) in [7, 11) is 0. The average molecular weight is 430 g/mol. The number of nitrogens with zero attached hydrogens (tertiary/aromatic N) is 3. The SMILES string of the molecule is O=C(CC1(c2ccccc2)C2CC3CC24C(CC14)C3O)N1CCN(c2ccncc2)CC1. The molecule has 0 radical (unpaired) electrons. The van der Waals surface area contributed by atoms with E-state index in [9.17, 15) is 9.90 Å². The third kappa shape index (κ3) is 2.23. The Morgan fingerprint density at radius 3 is 2.44 bits per heavy atom. The lowest BCUT2D eigenvalue weighted by Crippen LogP contribution is -2.76. The molecule has 1 aromatic carbocycles. The molecule has 4 saturated carbocycles. The normalized spacial score (nSPS) is 41.1. The highest BCUT2D eigenvalue weighted by Gasteiger charge is 2.85. The largest absolute Gasteiger partial charge is 0.393 e. The standard InChI is InChI=1S/C27H31N3O2/c31-24(30-12-10-29(11-13-30)20-6-8-28-9-7-20)17-26(19-4-2-1-3-5-19)22-14-18-16-27(22)21(25(18)32)15-23(26)27/h1-9,18,21-23,25,32H,10-17H2. The van der Waals surface area contributed by atoms with Gasteiger partial charge in [-0.3, -0.25) is 9.78 Å². The lowest BCUT2D eigenvalue weighted by atomic mass is 9.26. The molecule has 32 heavy (non-hydrogen) atoms. The van der Waals surface area contributed by atoms with Gasteiger partial charge in [0.2, 0.25) is 5.91 Å². The third-order valence-electron chi connectivity index (χ3n) is 10.2. The minimum atomic E-state index is -0.0896. The van der Waals surface area contributed by atoms with Gasteiger partial charge in [0, 0.05) is 56.1 Å². The van der Waals surface area contributed by atoms with E-state index in [-0.39, 0.29) is 11.5 Å². The van der Waals surface area contributed by atoms with Gasteiger partial charge in [-0.25, -0.2) is 0 Å². The molecule has 1 amide bonds. The molecule has 1 N–H and O–H groups in total. The molecule has 1 spiro atoms. The Morgan fingerprint density at radius 2 is 1.72 bits per heavy atom. The fraction of sp³-hybridized carbons (Fsp3) is 0.556. The van der Waals surface area contributed by atoms with Crippen molar-refractivity contribution in [2.24, 2.45) is 29.1 Å². The van der Waals surface area contributed by atoms with E-state index in [1.807, 2.05) is 24.5 Å². The zero-order valence-electron chi connectivity index (χ0n) is 18.4. The summed E-state index contributed by atoms with van der Waals surface area (Å²) in [5.74, 6) is 2.41. The Hall–Kier alpha value is -2.40. The first-order valence-electron chi connectivity index (χ1n) is 12.3. The van der Waals surface area contributed by atoms with Gasteiger partial charge in [-0.05, 0) is 66.0 Å². The molecule has 2 aromatic rings. The molecule has 1 aliphatic heterocycles. The van der Waals surface area contributed by atoms with Gasteiger partial charge in [0.25, 0.3) is 0 Å². The summed E-state index contributed by atoms with van der Waals surface area (Å²) in [6.45, 7) is 3.33. The second kappa shape index (κ2) is 6.57. The molecule has 5 heteroatoms. The van der Waals surface area contributed by atoms with Crippen LogP contribution in [0, 0.1) is 29.1 Å². The number of aromatic nitrogens is 1. The van der Waals surface area contributed by atoms with Crippen LogP contribution in [0.5, 0.6) is 0 Å². The van der Waals surface area contributed by atoms with Crippen LogP contribution in [0.15, 0.2) is 54.9 Å². The van der Waals surface area contributed by atoms with Crippen LogP contribution in [0.2, 0.25) is 0 Å². The number of rotatable bonds is 4. The van der Waals surface area contributed by atoms with Gasteiger partial charge < -0.3 is 14.9 Å². The van der Waals surface area contributed by atoms with Gasteiger partial charge in [0.05, 0.1) is 6.10 Å². The second-order valence-electron chi connectivity index (χ2n) is 10.9. The average Bonchev–Trinajstić information content (AvgIpc) is 3.35. The van der Waals surface area contributed by atoms with Crippen molar-refractivity contribution in [1.29, 1.82) is 0 Å². The first-order chi connectivity index (χ1) is 15.6. The van der Waals surface area contributed by atoms with Crippen molar-refractivity contribution < 1.29 is 9.90 Å². The number of aliphatic hydroxyl groups is 1. The Balaban J connectivity index is 1.13. The molecule has 5 fully saturated rings. The molecule has 2 heterocycles. The van der Waals surface area contributed by atoms with Crippen LogP contribution in [0.25, 0.3) is 0 Å². The van der Waals surface area contributed by atoms with Crippen molar-refractivity contribution in [3.8, 4) is 0 Å². The summed E-state index contributed by atoms with van der Waals surface area (Å²) in [6, 6.07) is 15.0. The number of carbonyl (C=O) groups excluding carboxylic acids is 1. The maximum absolute atomic E-state index is 13.7. The second-order valence-corrected chi connectivity index (χ2v) is 10.9. The Kier molecular flexibility index (Phi) is 3.92. The van der Waals surface area contributed by atoms with E-state index in [1.165, 1.54) is 17.7 Å². The molecule has 2 bridgehead atoms. The monoisotopic (exact) mass is 429 g/mol. The smallest absolute Gasteiger partial charge is 0.223 e. The molecule has 7 atom stereocenters. The van der Waals surface area contributed by atoms with Crippen molar-refractivity contribution in [1.82, 2.24) is 9.88 Å². The van der Waals surface area contributed by atoms with Gasteiger partial charge in [0.1, 0.15) is 0 Å². The van der Waals surface area contributed by atoms with Crippen LogP contribution in [-0.2, 0) is 10.2 Å². The van der Waals surface area contributed by atoms with E-state index in [4.69, 9.17) is 0 Å². The summed E-state index contributed by atoms with van der Waals surface area (Å²) in [6.07, 6.45) is 7.62. The van der Waals surface area contributed by atoms with Crippen LogP contribution in [-0.4, -0.2) is 53.2 Å². The van der Waals surface area contributed by atoms with Gasteiger partial charge in [0.15, 0.2) is 0 Å². The maximum atomic E-state index is 13.7. The van der Waals surface area contributed by atoms with Gasteiger partial charge in [-0.15, -0.1) is 0 Å². The number of aliphatic hydroxyl groups excluding tert-OH is 1. The summed E-state index contributed by atoms with van der Waals surface area (Å²) in [4.78, 5) is 22.3.